The average Bonchev–Trinajstić information content (AvgIpc) is 3.41. The number of methoxy groups -OCH3 is 1. The van der Waals surface area contributed by atoms with Gasteiger partial charge in [-0.1, -0.05) is 11.3 Å². The summed E-state index contributed by atoms with van der Waals surface area (Å²) in [4.78, 5) is 41.7. The van der Waals surface area contributed by atoms with Crippen molar-refractivity contribution in [2.45, 2.75) is 12.8 Å². The number of amides is 1. The lowest BCUT2D eigenvalue weighted by Crippen LogP contribution is -2.19. The first-order valence-electron chi connectivity index (χ1n) is 9.30. The molecule has 1 fully saturated rings. The topological polar surface area (TPSA) is 115 Å². The fraction of sp³-hybridized carbons (Fsp3) is 0.250. The van der Waals surface area contributed by atoms with Gasteiger partial charge >= 0.3 is 5.97 Å². The highest BCUT2D eigenvalue weighted by atomic mass is 32.1. The number of hydrogen-bond donors (Lipinski definition) is 1. The first kappa shape index (κ1) is 19.8. The number of hydrogen-bond acceptors (Lipinski definition) is 8. The maximum Gasteiger partial charge on any atom is 0.337 e. The molecule has 30 heavy (non-hydrogen) atoms. The predicted octanol–water partition coefficient (Wildman–Crippen LogP) is 3.84. The van der Waals surface area contributed by atoms with E-state index in [2.05, 4.69) is 10.3 Å². The van der Waals surface area contributed by atoms with Crippen LogP contribution < -0.4 is 10.2 Å². The van der Waals surface area contributed by atoms with Crippen molar-refractivity contribution in [1.82, 2.24) is 4.98 Å². The Bertz CT molecular complexity index is 1150. The number of fused-ring (bicyclic) bond motifs is 1. The minimum absolute atomic E-state index is 0.0865. The van der Waals surface area contributed by atoms with Gasteiger partial charge in [0, 0.05) is 24.7 Å². The molecule has 154 valence electrons. The van der Waals surface area contributed by atoms with E-state index in [1.54, 1.807) is 30.3 Å². The Kier molecular flexibility index (Phi) is 5.32. The molecule has 0 bridgehead atoms. The summed E-state index contributed by atoms with van der Waals surface area (Å²) >= 11 is 1.20. The van der Waals surface area contributed by atoms with Crippen LogP contribution >= 0.6 is 11.3 Å². The molecule has 0 saturated carbocycles. The van der Waals surface area contributed by atoms with Gasteiger partial charge in [0.25, 0.3) is 11.6 Å². The molecule has 3 aromatic rings. The van der Waals surface area contributed by atoms with Crippen molar-refractivity contribution in [2.24, 2.45) is 0 Å². The van der Waals surface area contributed by atoms with Crippen LogP contribution in [0.2, 0.25) is 0 Å². The second kappa shape index (κ2) is 8.07. The maximum atomic E-state index is 12.7. The van der Waals surface area contributed by atoms with Gasteiger partial charge in [-0.05, 0) is 43.2 Å². The zero-order valence-electron chi connectivity index (χ0n) is 16.1. The quantitative estimate of drug-likeness (QED) is 0.374. The molecule has 1 N–H and O–H groups in total. The third-order valence-corrected chi connectivity index (χ3v) is 5.84. The van der Waals surface area contributed by atoms with E-state index in [4.69, 9.17) is 4.74 Å². The molecular weight excluding hydrogens is 408 g/mol. The molecule has 2 heterocycles. The number of benzene rings is 2. The second-order valence-electron chi connectivity index (χ2n) is 6.80. The van der Waals surface area contributed by atoms with Gasteiger partial charge in [-0.15, -0.1) is 0 Å². The highest BCUT2D eigenvalue weighted by Crippen LogP contribution is 2.32. The van der Waals surface area contributed by atoms with E-state index in [1.807, 2.05) is 4.90 Å². The van der Waals surface area contributed by atoms with Gasteiger partial charge in [0.1, 0.15) is 5.69 Å². The number of ether oxygens (including phenoxy) is 1. The Labute approximate surface area is 175 Å². The van der Waals surface area contributed by atoms with Gasteiger partial charge in [0.2, 0.25) is 0 Å². The van der Waals surface area contributed by atoms with Crippen LogP contribution in [0.4, 0.5) is 16.5 Å². The van der Waals surface area contributed by atoms with Crippen LogP contribution in [0.5, 0.6) is 0 Å². The van der Waals surface area contributed by atoms with Crippen molar-refractivity contribution < 1.29 is 19.2 Å². The minimum atomic E-state index is -0.488. The molecule has 1 aliphatic rings. The van der Waals surface area contributed by atoms with Crippen molar-refractivity contribution in [1.29, 1.82) is 0 Å². The third-order valence-electron chi connectivity index (χ3n) is 4.91. The largest absolute Gasteiger partial charge is 0.465 e. The maximum absolute atomic E-state index is 12.7. The predicted molar refractivity (Wildman–Crippen MR) is 113 cm³/mol. The number of esters is 1. The van der Waals surface area contributed by atoms with Crippen molar-refractivity contribution in [3.8, 4) is 0 Å². The Hall–Kier alpha value is -3.53. The smallest absolute Gasteiger partial charge is 0.337 e. The lowest BCUT2D eigenvalue weighted by molar-refractivity contribution is -0.384. The standard InChI is InChI=1S/C20H18N4O5S/c1-29-19(26)13-4-6-14-17(11-13)30-20(21-14)22-18(25)12-5-7-15(16(10-12)24(27)28)23-8-2-3-9-23/h4-7,10-11H,2-3,8-9H2,1H3,(H,21,22,25). The lowest BCUT2D eigenvalue weighted by Gasteiger charge is -2.17. The number of thiazole rings is 1. The monoisotopic (exact) mass is 426 g/mol. The Balaban J connectivity index is 1.58. The SMILES string of the molecule is COC(=O)c1ccc2nc(NC(=O)c3ccc(N4CCCC4)c([N+](=O)[O-])c3)sc2c1. The molecule has 2 aromatic carbocycles. The lowest BCUT2D eigenvalue weighted by atomic mass is 10.1. The van der Waals surface area contributed by atoms with Crippen LogP contribution in [0.15, 0.2) is 36.4 Å². The number of carbonyl (C=O) groups is 2. The number of anilines is 2. The van der Waals surface area contributed by atoms with Crippen LogP contribution in [-0.4, -0.2) is 42.0 Å². The highest BCUT2D eigenvalue weighted by Gasteiger charge is 2.24. The molecule has 1 aliphatic heterocycles. The van der Waals surface area contributed by atoms with Crippen LogP contribution in [0.1, 0.15) is 33.6 Å². The van der Waals surface area contributed by atoms with Crippen molar-refractivity contribution in [3.63, 3.8) is 0 Å². The zero-order chi connectivity index (χ0) is 21.3. The molecule has 1 saturated heterocycles. The highest BCUT2D eigenvalue weighted by molar-refractivity contribution is 7.22. The average molecular weight is 426 g/mol. The molecule has 9 nitrogen and oxygen atoms in total. The van der Waals surface area contributed by atoms with Gasteiger partial charge in [0.05, 0.1) is 27.8 Å². The molecule has 1 amide bonds. The number of nitro groups is 1. The minimum Gasteiger partial charge on any atom is -0.465 e. The number of nitrogens with one attached hydrogen (secondary N) is 1. The number of nitrogens with zero attached hydrogens (tertiary/aromatic N) is 3. The second-order valence-corrected chi connectivity index (χ2v) is 7.83. The van der Waals surface area contributed by atoms with Crippen LogP contribution in [-0.2, 0) is 4.74 Å². The Morgan fingerprint density at radius 1 is 1.17 bits per heavy atom. The molecule has 0 spiro atoms. The summed E-state index contributed by atoms with van der Waals surface area (Å²) in [5.41, 5.74) is 1.64. The molecule has 0 radical (unpaired) electrons. The fourth-order valence-electron chi connectivity index (χ4n) is 3.43. The molecule has 4 rings (SSSR count). The number of carbonyl (C=O) groups excluding carboxylic acids is 2. The summed E-state index contributed by atoms with van der Waals surface area (Å²) in [6, 6.07) is 9.41. The van der Waals surface area contributed by atoms with E-state index in [1.165, 1.54) is 24.5 Å². The molecule has 0 unspecified atom stereocenters. The summed E-state index contributed by atoms with van der Waals surface area (Å²) in [5, 5.41) is 14.6. The van der Waals surface area contributed by atoms with Crippen molar-refractivity contribution in [2.75, 3.05) is 30.4 Å². The number of nitro benzene ring substituents is 1. The summed E-state index contributed by atoms with van der Waals surface area (Å²) in [7, 11) is 1.30. The third kappa shape index (κ3) is 3.81. The van der Waals surface area contributed by atoms with Crippen LogP contribution in [0.3, 0.4) is 0 Å². The fourth-order valence-corrected chi connectivity index (χ4v) is 4.33. The first-order chi connectivity index (χ1) is 14.5. The first-order valence-corrected chi connectivity index (χ1v) is 10.1. The number of aromatic nitrogens is 1. The Morgan fingerprint density at radius 2 is 1.90 bits per heavy atom. The Morgan fingerprint density at radius 3 is 2.60 bits per heavy atom. The van der Waals surface area contributed by atoms with Gasteiger partial charge in [-0.25, -0.2) is 9.78 Å². The molecule has 1 aromatic heterocycles. The van der Waals surface area contributed by atoms with E-state index in [9.17, 15) is 19.7 Å². The summed E-state index contributed by atoms with van der Waals surface area (Å²) in [6.45, 7) is 1.54. The van der Waals surface area contributed by atoms with Crippen LogP contribution in [0.25, 0.3) is 10.2 Å². The molecular formula is C20H18N4O5S. The van der Waals surface area contributed by atoms with Crippen LogP contribution in [0, 0.1) is 10.1 Å². The van der Waals surface area contributed by atoms with Gasteiger partial charge in [0.15, 0.2) is 5.13 Å². The van der Waals surface area contributed by atoms with E-state index in [-0.39, 0.29) is 11.3 Å². The number of rotatable bonds is 5. The molecule has 0 atom stereocenters. The van der Waals surface area contributed by atoms with E-state index in [0.717, 1.165) is 25.9 Å². The molecule has 0 aliphatic carbocycles. The summed E-state index contributed by atoms with van der Waals surface area (Å²) in [5.74, 6) is -0.945. The summed E-state index contributed by atoms with van der Waals surface area (Å²) in [6.07, 6.45) is 1.99. The van der Waals surface area contributed by atoms with Crippen molar-refractivity contribution >= 4 is 49.9 Å². The summed E-state index contributed by atoms with van der Waals surface area (Å²) < 4.78 is 5.42. The van der Waals surface area contributed by atoms with Crippen molar-refractivity contribution in [3.05, 3.63) is 57.6 Å². The zero-order valence-corrected chi connectivity index (χ0v) is 16.9. The normalized spacial score (nSPS) is 13.4. The van der Waals surface area contributed by atoms with Gasteiger partial charge in [-0.2, -0.15) is 0 Å². The van der Waals surface area contributed by atoms with E-state index in [0.29, 0.717) is 26.6 Å². The van der Waals surface area contributed by atoms with Gasteiger partial charge in [-0.3, -0.25) is 20.2 Å². The van der Waals surface area contributed by atoms with Gasteiger partial charge < -0.3 is 9.64 Å². The molecule has 10 heteroatoms. The van der Waals surface area contributed by atoms with E-state index < -0.39 is 16.8 Å². The van der Waals surface area contributed by atoms with E-state index >= 15 is 0 Å².